The van der Waals surface area contributed by atoms with Gasteiger partial charge >= 0.3 is 0 Å². The standard InChI is InChI=1S/C23H16BrClFN3O4S/c1-2-32-18-9-14(5-8-17(18)33-20-16(26)11-27-22(25)28-20)10-19-21(30)29(23(31)34-19)12-13-3-6-15(24)7-4-13/h3-11H,2,12H2,1H3/b19-10+. The lowest BCUT2D eigenvalue weighted by Crippen LogP contribution is -2.27. The zero-order valence-corrected chi connectivity index (χ0v) is 20.8. The number of imide groups is 1. The SMILES string of the molecule is CCOc1cc(/C=C2/SC(=O)N(Cc3ccc(Br)cc3)C2=O)ccc1Oc1nc(Cl)ncc1F. The second-order valence-electron chi connectivity index (χ2n) is 6.93. The molecular weight excluding hydrogens is 549 g/mol. The highest BCUT2D eigenvalue weighted by Gasteiger charge is 2.35. The van der Waals surface area contributed by atoms with E-state index in [4.69, 9.17) is 21.1 Å². The molecule has 1 aliphatic rings. The largest absolute Gasteiger partial charge is 0.490 e. The van der Waals surface area contributed by atoms with Crippen molar-refractivity contribution in [1.82, 2.24) is 14.9 Å². The number of amides is 2. The molecule has 1 fully saturated rings. The van der Waals surface area contributed by atoms with Gasteiger partial charge in [0.05, 0.1) is 24.3 Å². The van der Waals surface area contributed by atoms with Crippen LogP contribution in [0.4, 0.5) is 9.18 Å². The summed E-state index contributed by atoms with van der Waals surface area (Å²) >= 11 is 9.95. The number of benzene rings is 2. The van der Waals surface area contributed by atoms with Gasteiger partial charge in [0.25, 0.3) is 17.0 Å². The van der Waals surface area contributed by atoms with Crippen molar-refractivity contribution >= 4 is 56.5 Å². The van der Waals surface area contributed by atoms with Crippen molar-refractivity contribution in [1.29, 1.82) is 0 Å². The smallest absolute Gasteiger partial charge is 0.293 e. The predicted molar refractivity (Wildman–Crippen MR) is 130 cm³/mol. The number of rotatable bonds is 7. The van der Waals surface area contributed by atoms with Gasteiger partial charge in [-0.05, 0) is 71.8 Å². The summed E-state index contributed by atoms with van der Waals surface area (Å²) < 4.78 is 26.0. The van der Waals surface area contributed by atoms with Crippen molar-refractivity contribution < 1.29 is 23.5 Å². The lowest BCUT2D eigenvalue weighted by molar-refractivity contribution is -0.123. The molecule has 2 heterocycles. The Bertz CT molecular complexity index is 1290. The predicted octanol–water partition coefficient (Wildman–Crippen LogP) is 6.46. The Morgan fingerprint density at radius 1 is 1.18 bits per heavy atom. The second-order valence-corrected chi connectivity index (χ2v) is 9.17. The molecule has 0 spiro atoms. The van der Waals surface area contributed by atoms with Gasteiger partial charge < -0.3 is 9.47 Å². The van der Waals surface area contributed by atoms with Crippen LogP contribution in [-0.2, 0) is 11.3 Å². The number of aromatic nitrogens is 2. The molecule has 0 radical (unpaired) electrons. The quantitative estimate of drug-likeness (QED) is 0.241. The minimum Gasteiger partial charge on any atom is -0.490 e. The normalized spacial score (nSPS) is 14.7. The van der Waals surface area contributed by atoms with E-state index < -0.39 is 5.82 Å². The van der Waals surface area contributed by atoms with Gasteiger partial charge in [0, 0.05) is 4.47 Å². The van der Waals surface area contributed by atoms with Crippen molar-refractivity contribution in [3.8, 4) is 17.4 Å². The number of carbonyl (C=O) groups excluding carboxylic acids is 2. The first kappa shape index (κ1) is 24.2. The number of thioether (sulfide) groups is 1. The van der Waals surface area contributed by atoms with Crippen LogP contribution in [0.1, 0.15) is 18.1 Å². The van der Waals surface area contributed by atoms with Crippen molar-refractivity contribution in [3.63, 3.8) is 0 Å². The second kappa shape index (κ2) is 10.5. The highest BCUT2D eigenvalue weighted by atomic mass is 79.9. The molecule has 174 valence electrons. The Labute approximate surface area is 212 Å². The number of halogens is 3. The third-order valence-corrected chi connectivity index (χ3v) is 6.20. The Balaban J connectivity index is 1.56. The third-order valence-electron chi connectivity index (χ3n) is 4.58. The van der Waals surface area contributed by atoms with Crippen LogP contribution in [0.15, 0.2) is 58.0 Å². The van der Waals surface area contributed by atoms with Gasteiger partial charge in [0.15, 0.2) is 11.5 Å². The van der Waals surface area contributed by atoms with Gasteiger partial charge in [-0.1, -0.05) is 34.1 Å². The Morgan fingerprint density at radius 3 is 2.68 bits per heavy atom. The first-order valence-corrected chi connectivity index (χ1v) is 12.0. The Hall–Kier alpha value is -2.95. The third kappa shape index (κ3) is 5.57. The summed E-state index contributed by atoms with van der Waals surface area (Å²) in [7, 11) is 0. The molecule has 0 atom stereocenters. The molecule has 0 saturated carbocycles. The highest BCUT2D eigenvalue weighted by molar-refractivity contribution is 9.10. The van der Waals surface area contributed by atoms with Crippen molar-refractivity contribution in [3.05, 3.63) is 80.3 Å². The van der Waals surface area contributed by atoms with Gasteiger partial charge in [-0.2, -0.15) is 9.37 Å². The summed E-state index contributed by atoms with van der Waals surface area (Å²) in [4.78, 5) is 34.1. The van der Waals surface area contributed by atoms with Crippen LogP contribution in [-0.4, -0.2) is 32.6 Å². The van der Waals surface area contributed by atoms with E-state index >= 15 is 0 Å². The van der Waals surface area contributed by atoms with Crippen LogP contribution in [0, 0.1) is 5.82 Å². The molecule has 1 aliphatic heterocycles. The summed E-state index contributed by atoms with van der Waals surface area (Å²) in [5.74, 6) is -0.998. The molecule has 4 rings (SSSR count). The molecule has 2 amide bonds. The molecule has 2 aromatic carbocycles. The summed E-state index contributed by atoms with van der Waals surface area (Å²) in [5.41, 5.74) is 1.44. The maximum atomic E-state index is 14.0. The summed E-state index contributed by atoms with van der Waals surface area (Å²) in [6, 6.07) is 12.2. The molecule has 0 aliphatic carbocycles. The minimum atomic E-state index is -0.782. The molecule has 7 nitrogen and oxygen atoms in total. The topological polar surface area (TPSA) is 81.6 Å². The average molecular weight is 565 g/mol. The molecule has 11 heteroatoms. The van der Waals surface area contributed by atoms with Crippen LogP contribution in [0.3, 0.4) is 0 Å². The first-order valence-electron chi connectivity index (χ1n) is 9.96. The van der Waals surface area contributed by atoms with Crippen LogP contribution in [0.25, 0.3) is 6.08 Å². The maximum absolute atomic E-state index is 14.0. The van der Waals surface area contributed by atoms with Crippen molar-refractivity contribution in [2.75, 3.05) is 6.61 Å². The number of nitrogens with zero attached hydrogens (tertiary/aromatic N) is 3. The fourth-order valence-electron chi connectivity index (χ4n) is 3.03. The average Bonchev–Trinajstić information content (AvgIpc) is 3.07. The highest BCUT2D eigenvalue weighted by Crippen LogP contribution is 2.37. The minimum absolute atomic E-state index is 0.162. The Morgan fingerprint density at radius 2 is 1.94 bits per heavy atom. The molecule has 34 heavy (non-hydrogen) atoms. The number of carbonyl (C=O) groups is 2. The molecule has 1 saturated heterocycles. The maximum Gasteiger partial charge on any atom is 0.293 e. The fraction of sp³-hybridized carbons (Fsp3) is 0.130. The zero-order chi connectivity index (χ0) is 24.2. The van der Waals surface area contributed by atoms with E-state index in [1.54, 1.807) is 31.2 Å². The molecule has 3 aromatic rings. The molecule has 0 N–H and O–H groups in total. The van der Waals surface area contributed by atoms with E-state index in [1.165, 1.54) is 4.90 Å². The van der Waals surface area contributed by atoms with Gasteiger partial charge in [-0.3, -0.25) is 14.5 Å². The van der Waals surface area contributed by atoms with E-state index in [1.807, 2.05) is 24.3 Å². The molecule has 0 bridgehead atoms. The fourth-order valence-corrected chi connectivity index (χ4v) is 4.26. The number of ether oxygens (including phenoxy) is 2. The summed E-state index contributed by atoms with van der Waals surface area (Å²) in [6.45, 7) is 2.28. The molecule has 1 aromatic heterocycles. The molecule has 0 unspecified atom stereocenters. The van der Waals surface area contributed by atoms with Crippen LogP contribution < -0.4 is 9.47 Å². The van der Waals surface area contributed by atoms with E-state index in [0.717, 1.165) is 28.0 Å². The van der Waals surface area contributed by atoms with E-state index in [2.05, 4.69) is 25.9 Å². The molecular formula is C23H16BrClFN3O4S. The lowest BCUT2D eigenvalue weighted by atomic mass is 10.1. The van der Waals surface area contributed by atoms with Gasteiger partial charge in [0.1, 0.15) is 0 Å². The van der Waals surface area contributed by atoms with Gasteiger partial charge in [-0.15, -0.1) is 0 Å². The van der Waals surface area contributed by atoms with Crippen LogP contribution >= 0.6 is 39.3 Å². The zero-order valence-electron chi connectivity index (χ0n) is 17.6. The monoisotopic (exact) mass is 563 g/mol. The first-order chi connectivity index (χ1) is 16.3. The van der Waals surface area contributed by atoms with E-state index in [9.17, 15) is 14.0 Å². The van der Waals surface area contributed by atoms with Gasteiger partial charge in [-0.25, -0.2) is 4.98 Å². The van der Waals surface area contributed by atoms with E-state index in [0.29, 0.717) is 17.9 Å². The van der Waals surface area contributed by atoms with Crippen molar-refractivity contribution in [2.24, 2.45) is 0 Å². The number of hydrogen-bond donors (Lipinski definition) is 0. The van der Waals surface area contributed by atoms with E-state index in [-0.39, 0.29) is 39.5 Å². The summed E-state index contributed by atoms with van der Waals surface area (Å²) in [6.07, 6.45) is 2.50. The van der Waals surface area contributed by atoms with Crippen LogP contribution in [0.2, 0.25) is 5.28 Å². The lowest BCUT2D eigenvalue weighted by Gasteiger charge is -2.13. The number of hydrogen-bond acceptors (Lipinski definition) is 7. The summed E-state index contributed by atoms with van der Waals surface area (Å²) in [5, 5.41) is -0.509. The van der Waals surface area contributed by atoms with Crippen molar-refractivity contribution in [2.45, 2.75) is 13.5 Å². The van der Waals surface area contributed by atoms with Gasteiger partial charge in [0.2, 0.25) is 11.1 Å². The van der Waals surface area contributed by atoms with Crippen LogP contribution in [0.5, 0.6) is 17.4 Å². The Kier molecular flexibility index (Phi) is 7.50.